The lowest BCUT2D eigenvalue weighted by molar-refractivity contribution is 0.114. The van der Waals surface area contributed by atoms with E-state index < -0.39 is 6.10 Å². The van der Waals surface area contributed by atoms with Crippen molar-refractivity contribution in [3.05, 3.63) is 11.9 Å². The maximum Gasteiger partial charge on any atom is 0.111 e. The molecule has 2 atom stereocenters. The van der Waals surface area contributed by atoms with Gasteiger partial charge in [-0.3, -0.25) is 4.68 Å². The monoisotopic (exact) mass is 182 g/mol. The van der Waals surface area contributed by atoms with Crippen molar-refractivity contribution in [1.29, 1.82) is 0 Å². The van der Waals surface area contributed by atoms with Gasteiger partial charge in [-0.15, -0.1) is 5.10 Å². The minimum atomic E-state index is -0.469. The third-order valence-electron chi connectivity index (χ3n) is 2.47. The van der Waals surface area contributed by atoms with Gasteiger partial charge in [-0.25, -0.2) is 0 Å². The summed E-state index contributed by atoms with van der Waals surface area (Å²) in [7, 11) is 1.80. The first kappa shape index (κ1) is 8.65. The molecule has 5 heteroatoms. The van der Waals surface area contributed by atoms with Crippen LogP contribution in [0.1, 0.15) is 18.2 Å². The van der Waals surface area contributed by atoms with E-state index in [0.29, 0.717) is 5.69 Å². The Balaban J connectivity index is 2.07. The fourth-order valence-electron chi connectivity index (χ4n) is 1.69. The number of rotatable bonds is 2. The third-order valence-corrected chi connectivity index (χ3v) is 2.47. The summed E-state index contributed by atoms with van der Waals surface area (Å²) in [4.78, 5) is 0. The van der Waals surface area contributed by atoms with Crippen LogP contribution >= 0.6 is 0 Å². The molecule has 1 fully saturated rings. The highest BCUT2D eigenvalue weighted by molar-refractivity contribution is 5.00. The minimum Gasteiger partial charge on any atom is -0.386 e. The van der Waals surface area contributed by atoms with Crippen molar-refractivity contribution >= 4 is 0 Å². The number of nitrogens with one attached hydrogen (secondary N) is 1. The van der Waals surface area contributed by atoms with Gasteiger partial charge in [0.2, 0.25) is 0 Å². The topological polar surface area (TPSA) is 63.0 Å². The fraction of sp³-hybridized carbons (Fsp3) is 0.750. The molecule has 2 rings (SSSR count). The second-order valence-electron chi connectivity index (χ2n) is 3.51. The van der Waals surface area contributed by atoms with Crippen molar-refractivity contribution in [3.63, 3.8) is 0 Å². The number of aryl methyl sites for hydroxylation is 1. The number of nitrogens with zero attached hydrogens (tertiary/aromatic N) is 3. The molecule has 0 amide bonds. The van der Waals surface area contributed by atoms with E-state index in [-0.39, 0.29) is 5.92 Å². The molecule has 1 saturated heterocycles. The summed E-state index contributed by atoms with van der Waals surface area (Å²) >= 11 is 0. The van der Waals surface area contributed by atoms with Crippen LogP contribution in [0, 0.1) is 5.92 Å². The van der Waals surface area contributed by atoms with E-state index in [9.17, 15) is 5.11 Å². The summed E-state index contributed by atoms with van der Waals surface area (Å²) in [6.07, 6.45) is 2.31. The van der Waals surface area contributed by atoms with Crippen molar-refractivity contribution in [2.45, 2.75) is 12.5 Å². The first-order valence-electron chi connectivity index (χ1n) is 4.52. The SMILES string of the molecule is Cn1cc(C(O)[C@H]2CCNC2)nn1. The highest BCUT2D eigenvalue weighted by atomic mass is 16.3. The zero-order chi connectivity index (χ0) is 9.26. The molecule has 1 aromatic heterocycles. The Hall–Kier alpha value is -0.940. The van der Waals surface area contributed by atoms with Crippen molar-refractivity contribution in [1.82, 2.24) is 20.3 Å². The zero-order valence-corrected chi connectivity index (χ0v) is 7.64. The van der Waals surface area contributed by atoms with E-state index in [0.717, 1.165) is 19.5 Å². The van der Waals surface area contributed by atoms with Crippen LogP contribution in [0.5, 0.6) is 0 Å². The Bertz CT molecular complexity index is 279. The average molecular weight is 182 g/mol. The van der Waals surface area contributed by atoms with Gasteiger partial charge in [0.05, 0.1) is 6.20 Å². The highest BCUT2D eigenvalue weighted by Crippen LogP contribution is 2.24. The predicted molar refractivity (Wildman–Crippen MR) is 46.9 cm³/mol. The average Bonchev–Trinajstić information content (AvgIpc) is 2.72. The Kier molecular flexibility index (Phi) is 2.28. The molecule has 1 unspecified atom stereocenters. The number of aliphatic hydroxyl groups excluding tert-OH is 1. The molecule has 72 valence electrons. The van der Waals surface area contributed by atoms with Crippen molar-refractivity contribution in [3.8, 4) is 0 Å². The first-order chi connectivity index (χ1) is 6.27. The van der Waals surface area contributed by atoms with Crippen molar-refractivity contribution < 1.29 is 5.11 Å². The standard InChI is InChI=1S/C8H14N4O/c1-12-5-7(10-11-12)8(13)6-2-3-9-4-6/h5-6,8-9,13H,2-4H2,1H3/t6-,8?/m0/s1. The van der Waals surface area contributed by atoms with Crippen LogP contribution in [0.15, 0.2) is 6.20 Å². The van der Waals surface area contributed by atoms with E-state index in [4.69, 9.17) is 0 Å². The molecule has 0 bridgehead atoms. The van der Waals surface area contributed by atoms with Crippen LogP contribution in [0.3, 0.4) is 0 Å². The second-order valence-corrected chi connectivity index (χ2v) is 3.51. The molecule has 0 spiro atoms. The van der Waals surface area contributed by atoms with Gasteiger partial charge in [-0.05, 0) is 13.0 Å². The van der Waals surface area contributed by atoms with Crippen molar-refractivity contribution in [2.75, 3.05) is 13.1 Å². The maximum absolute atomic E-state index is 9.88. The zero-order valence-electron chi connectivity index (χ0n) is 7.64. The van der Waals surface area contributed by atoms with Crippen LogP contribution in [-0.4, -0.2) is 33.2 Å². The highest BCUT2D eigenvalue weighted by Gasteiger charge is 2.25. The largest absolute Gasteiger partial charge is 0.386 e. The van der Waals surface area contributed by atoms with Crippen LogP contribution < -0.4 is 5.32 Å². The van der Waals surface area contributed by atoms with Crippen LogP contribution in [0.25, 0.3) is 0 Å². The molecule has 1 aromatic rings. The van der Waals surface area contributed by atoms with Gasteiger partial charge in [0.1, 0.15) is 11.8 Å². The molecule has 1 aliphatic rings. The maximum atomic E-state index is 9.88. The van der Waals surface area contributed by atoms with Crippen LogP contribution in [0.4, 0.5) is 0 Å². The first-order valence-corrected chi connectivity index (χ1v) is 4.52. The number of hydrogen-bond donors (Lipinski definition) is 2. The van der Waals surface area contributed by atoms with Gasteiger partial charge in [0, 0.05) is 19.5 Å². The number of aliphatic hydroxyl groups is 1. The van der Waals surface area contributed by atoms with E-state index in [1.165, 1.54) is 0 Å². The van der Waals surface area contributed by atoms with Gasteiger partial charge in [0.25, 0.3) is 0 Å². The molecule has 1 aliphatic heterocycles. The molecule has 0 radical (unpaired) electrons. The molecular weight excluding hydrogens is 168 g/mol. The summed E-state index contributed by atoms with van der Waals surface area (Å²) < 4.78 is 1.61. The summed E-state index contributed by atoms with van der Waals surface area (Å²) in [5, 5.41) is 20.8. The number of aromatic nitrogens is 3. The Labute approximate surface area is 76.8 Å². The molecule has 0 saturated carbocycles. The lowest BCUT2D eigenvalue weighted by Crippen LogP contribution is -2.16. The van der Waals surface area contributed by atoms with Crippen molar-refractivity contribution in [2.24, 2.45) is 13.0 Å². The molecule has 2 N–H and O–H groups in total. The Morgan fingerprint density at radius 1 is 1.77 bits per heavy atom. The van der Waals surface area contributed by atoms with Gasteiger partial charge in [0.15, 0.2) is 0 Å². The molecule has 2 heterocycles. The fourth-order valence-corrected chi connectivity index (χ4v) is 1.69. The third kappa shape index (κ3) is 1.71. The quantitative estimate of drug-likeness (QED) is 0.644. The van der Waals surface area contributed by atoms with E-state index in [1.54, 1.807) is 17.9 Å². The second kappa shape index (κ2) is 3.43. The summed E-state index contributed by atoms with van der Waals surface area (Å²) in [6.45, 7) is 1.86. The summed E-state index contributed by atoms with van der Waals surface area (Å²) in [6, 6.07) is 0. The van der Waals surface area contributed by atoms with E-state index >= 15 is 0 Å². The lowest BCUT2D eigenvalue weighted by Gasteiger charge is -2.13. The minimum absolute atomic E-state index is 0.289. The molecule has 5 nitrogen and oxygen atoms in total. The summed E-state index contributed by atoms with van der Waals surface area (Å²) in [5.41, 5.74) is 0.677. The van der Waals surface area contributed by atoms with Gasteiger partial charge in [-0.2, -0.15) is 0 Å². The van der Waals surface area contributed by atoms with E-state index in [2.05, 4.69) is 15.6 Å². The Morgan fingerprint density at radius 3 is 3.15 bits per heavy atom. The van der Waals surface area contributed by atoms with Gasteiger partial charge >= 0.3 is 0 Å². The smallest absolute Gasteiger partial charge is 0.111 e. The normalized spacial score (nSPS) is 24.9. The summed E-state index contributed by atoms with van der Waals surface area (Å²) in [5.74, 6) is 0.289. The molecule has 13 heavy (non-hydrogen) atoms. The van der Waals surface area contributed by atoms with E-state index in [1.807, 2.05) is 0 Å². The molecular formula is C8H14N4O. The lowest BCUT2D eigenvalue weighted by atomic mass is 10.00. The van der Waals surface area contributed by atoms with Crippen LogP contribution in [-0.2, 0) is 7.05 Å². The van der Waals surface area contributed by atoms with Crippen LogP contribution in [0.2, 0.25) is 0 Å². The van der Waals surface area contributed by atoms with Gasteiger partial charge < -0.3 is 10.4 Å². The van der Waals surface area contributed by atoms with Gasteiger partial charge in [-0.1, -0.05) is 5.21 Å². The molecule has 0 aromatic carbocycles. The Morgan fingerprint density at radius 2 is 2.62 bits per heavy atom. The molecule has 0 aliphatic carbocycles. The number of hydrogen-bond acceptors (Lipinski definition) is 4. The predicted octanol–water partition coefficient (Wildman–Crippen LogP) is -0.542.